The fraction of sp³-hybridized carbons (Fsp3) is 0.484. The number of hydrogen-bond donors (Lipinski definition) is 0. The van der Waals surface area contributed by atoms with E-state index in [0.717, 1.165) is 7.25 Å². The number of hydrogen-bond acceptors (Lipinski definition) is 0. The molecule has 2 aliphatic carbocycles. The minimum atomic E-state index is -1.97. The summed E-state index contributed by atoms with van der Waals surface area (Å²) in [5, 5.41) is 0. The van der Waals surface area contributed by atoms with Crippen molar-refractivity contribution in [1.82, 2.24) is 0 Å². The first-order valence-electron chi connectivity index (χ1n) is 12.7. The normalized spacial score (nSPS) is 18.3. The van der Waals surface area contributed by atoms with Crippen LogP contribution in [0.4, 0.5) is 0 Å². The summed E-state index contributed by atoms with van der Waals surface area (Å²) in [5.41, 5.74) is 15.7. The first-order valence-corrected chi connectivity index (χ1v) is 22.5. The van der Waals surface area contributed by atoms with E-state index in [4.69, 9.17) is 0 Å². The number of aryl methyl sites for hydroxylation is 2. The summed E-state index contributed by atoms with van der Waals surface area (Å²) in [6.07, 6.45) is 6.64. The number of benzene rings is 2. The Hall–Kier alpha value is -0.690. The van der Waals surface area contributed by atoms with Crippen LogP contribution in [-0.4, -0.2) is 11.8 Å². The fourth-order valence-electron chi connectivity index (χ4n) is 6.24. The smallest absolute Gasteiger partial charge is 0.0108 e. The van der Waals surface area contributed by atoms with Crippen LogP contribution in [0.3, 0.4) is 0 Å². The molecule has 182 valence electrons. The van der Waals surface area contributed by atoms with Crippen molar-refractivity contribution in [2.45, 2.75) is 87.6 Å². The molecule has 0 bridgehead atoms. The van der Waals surface area contributed by atoms with E-state index in [1.807, 2.05) is 0 Å². The van der Waals surface area contributed by atoms with E-state index in [9.17, 15) is 0 Å². The topological polar surface area (TPSA) is 0 Å². The number of alkyl halides is 1. The van der Waals surface area contributed by atoms with Gasteiger partial charge in [0.25, 0.3) is 0 Å². The molecule has 2 unspecified atom stereocenters. The molecule has 2 aromatic rings. The Morgan fingerprint density at radius 1 is 0.676 bits per heavy atom. The molecule has 0 saturated heterocycles. The van der Waals surface area contributed by atoms with Crippen LogP contribution in [-0.2, 0) is 20.4 Å². The van der Waals surface area contributed by atoms with Gasteiger partial charge < -0.3 is 0 Å². The van der Waals surface area contributed by atoms with E-state index in [-0.39, 0.29) is 5.43 Å². The molecule has 0 fully saturated rings. The molecular weight excluding hydrogens is 527 g/mol. The third-order valence-corrected chi connectivity index (χ3v) is 27.6. The van der Waals surface area contributed by atoms with Gasteiger partial charge in [0.1, 0.15) is 0 Å². The molecule has 2 aromatic carbocycles. The number of rotatable bonds is 4. The zero-order chi connectivity index (χ0) is 25.5. The van der Waals surface area contributed by atoms with Gasteiger partial charge in [0, 0.05) is 6.38 Å². The van der Waals surface area contributed by atoms with Crippen LogP contribution in [0.15, 0.2) is 35.4 Å². The molecule has 0 amide bonds. The molecule has 2 aliphatic rings. The minimum Gasteiger partial charge on any atom is -0.130 e. The molecule has 4 rings (SSSR count). The molecule has 0 spiro atoms. The summed E-state index contributed by atoms with van der Waals surface area (Å²) in [5.74, 6) is 1.16. The third-order valence-electron chi connectivity index (χ3n) is 7.75. The summed E-state index contributed by atoms with van der Waals surface area (Å²) in [4.78, 5) is 0. The molecule has 2 atom stereocenters. The predicted molar refractivity (Wildman–Crippen MR) is 153 cm³/mol. The quantitative estimate of drug-likeness (QED) is 0.254. The van der Waals surface area contributed by atoms with Crippen LogP contribution in [0, 0.1) is 13.8 Å². The van der Waals surface area contributed by atoms with E-state index in [2.05, 4.69) is 117 Å². The molecular formula is C31H43ClSiZr. The number of allylic oxidation sites excluding steroid dienone is 2. The van der Waals surface area contributed by atoms with E-state index >= 15 is 0 Å². The van der Waals surface area contributed by atoms with Crippen LogP contribution in [0.1, 0.15) is 105 Å². The first-order chi connectivity index (χ1) is 16.0. The first kappa shape index (κ1) is 27.9. The van der Waals surface area contributed by atoms with Crippen molar-refractivity contribution in [1.29, 1.82) is 0 Å². The van der Waals surface area contributed by atoms with Crippen LogP contribution in [0.25, 0.3) is 12.2 Å². The molecule has 0 aliphatic heterocycles. The average Bonchev–Trinajstić information content (AvgIpc) is 3.28. The Morgan fingerprint density at radius 2 is 1.03 bits per heavy atom. The maximum atomic E-state index is 4.64. The zero-order valence-corrected chi connectivity index (χ0v) is 27.4. The maximum absolute atomic E-state index is 4.64. The van der Waals surface area contributed by atoms with Gasteiger partial charge in [-0.05, 0) is 0 Å². The van der Waals surface area contributed by atoms with Gasteiger partial charge in [-0.2, -0.15) is 0 Å². The second-order valence-electron chi connectivity index (χ2n) is 11.0. The summed E-state index contributed by atoms with van der Waals surface area (Å²) < 4.78 is 1.47. The second kappa shape index (κ2) is 11.1. The SMILES string of the molecule is CC1=Cc2c(C(C)C)ccc(C)c2[CH]1[Zr]([CH]1C(C)=Cc2c(C(C)C)ccc(C)c21)=[Si](C)C.CCl. The van der Waals surface area contributed by atoms with Crippen molar-refractivity contribution in [3.8, 4) is 0 Å². The van der Waals surface area contributed by atoms with Crippen molar-refractivity contribution in [2.75, 3.05) is 6.38 Å². The molecule has 0 N–H and O–H groups in total. The molecule has 34 heavy (non-hydrogen) atoms. The molecule has 0 nitrogen and oxygen atoms in total. The van der Waals surface area contributed by atoms with Gasteiger partial charge in [0.05, 0.1) is 0 Å². The van der Waals surface area contributed by atoms with Gasteiger partial charge in [-0.15, -0.1) is 11.6 Å². The van der Waals surface area contributed by atoms with Crippen LogP contribution in [0.2, 0.25) is 13.1 Å². The van der Waals surface area contributed by atoms with Gasteiger partial charge >= 0.3 is 205 Å². The third kappa shape index (κ3) is 4.81. The standard InChI is InChI=1S/2C14H17.C2H6Si.CH3Cl.Zr/c2*1-9(2)12-6-5-11(4)13-7-10(3)8-14(12)13;1-3-2;1-2;/h2*5-9H,1-4H3;1-2H3;1H3;. The van der Waals surface area contributed by atoms with Crippen molar-refractivity contribution >= 4 is 29.2 Å². The van der Waals surface area contributed by atoms with E-state index in [1.165, 1.54) is 17.5 Å². The largest absolute Gasteiger partial charge is 0.130 e. The molecule has 0 saturated carbocycles. The summed E-state index contributed by atoms with van der Waals surface area (Å²) in [6, 6.07) is 9.62. The number of halogens is 1. The van der Waals surface area contributed by atoms with Gasteiger partial charge in [-0.1, -0.05) is 0 Å². The fourth-order valence-corrected chi connectivity index (χ4v) is 27.4. The van der Waals surface area contributed by atoms with Crippen molar-refractivity contribution in [2.24, 2.45) is 0 Å². The maximum Gasteiger partial charge on any atom is 0.0108 e. The van der Waals surface area contributed by atoms with Crippen molar-refractivity contribution in [3.63, 3.8) is 0 Å². The molecule has 0 aromatic heterocycles. The number of fused-ring (bicyclic) bond motifs is 2. The second-order valence-corrected chi connectivity index (χ2v) is 28.9. The predicted octanol–water partition coefficient (Wildman–Crippen LogP) is 9.89. The average molecular weight is 570 g/mol. The van der Waals surface area contributed by atoms with Crippen LogP contribution in [0.5, 0.6) is 0 Å². The summed E-state index contributed by atoms with van der Waals surface area (Å²) in [7, 11) is 0. The molecule has 0 heterocycles. The zero-order valence-electron chi connectivity index (χ0n) is 23.2. The van der Waals surface area contributed by atoms with Gasteiger partial charge in [-0.25, -0.2) is 0 Å². The van der Waals surface area contributed by atoms with Crippen molar-refractivity contribution in [3.05, 3.63) is 79.9 Å². The minimum absolute atomic E-state index is 0.370. The monoisotopic (exact) mass is 568 g/mol. The van der Waals surface area contributed by atoms with Gasteiger partial charge in [0.2, 0.25) is 0 Å². The van der Waals surface area contributed by atoms with E-state index in [0.29, 0.717) is 11.8 Å². The van der Waals surface area contributed by atoms with E-state index < -0.39 is 20.4 Å². The Morgan fingerprint density at radius 3 is 1.32 bits per heavy atom. The summed E-state index contributed by atoms with van der Waals surface area (Å²) in [6.45, 7) is 24.3. The molecule has 3 heteroatoms. The van der Waals surface area contributed by atoms with Crippen LogP contribution < -0.4 is 0 Å². The van der Waals surface area contributed by atoms with Gasteiger partial charge in [0.15, 0.2) is 0 Å². The van der Waals surface area contributed by atoms with Gasteiger partial charge in [-0.3, -0.25) is 0 Å². The Bertz CT molecular complexity index is 1100. The van der Waals surface area contributed by atoms with E-state index in [1.54, 1.807) is 44.5 Å². The Kier molecular flexibility index (Phi) is 9.14. The van der Waals surface area contributed by atoms with Crippen LogP contribution >= 0.6 is 11.6 Å². The molecule has 0 radical (unpaired) electrons. The Labute approximate surface area is 222 Å². The Balaban J connectivity index is 0.00000158. The van der Waals surface area contributed by atoms with Crippen molar-refractivity contribution < 1.29 is 20.4 Å². The summed E-state index contributed by atoms with van der Waals surface area (Å²) >= 11 is 2.67.